The van der Waals surface area contributed by atoms with Gasteiger partial charge >= 0.3 is 0 Å². The molecule has 0 unspecified atom stereocenters. The molecule has 140 valence electrons. The van der Waals surface area contributed by atoms with Crippen molar-refractivity contribution in [3.63, 3.8) is 0 Å². The minimum atomic E-state index is 0.849. The zero-order valence-electron chi connectivity index (χ0n) is 16.3. The molecule has 29 heavy (non-hydrogen) atoms. The Hall–Kier alpha value is -3.58. The molecule has 0 aliphatic carbocycles. The molecule has 0 aliphatic heterocycles. The van der Waals surface area contributed by atoms with E-state index in [2.05, 4.69) is 103 Å². The lowest BCUT2D eigenvalue weighted by Gasteiger charge is -2.12. The molecule has 1 nitrogen and oxygen atoms in total. The summed E-state index contributed by atoms with van der Waals surface area (Å²) in [6, 6.07) is 36.7. The van der Waals surface area contributed by atoms with Gasteiger partial charge in [-0.05, 0) is 56.6 Å². The summed E-state index contributed by atoms with van der Waals surface area (Å²) in [7, 11) is 0. The molecule has 0 amide bonds. The number of rotatable bonds is 4. The van der Waals surface area contributed by atoms with Crippen molar-refractivity contribution < 1.29 is 0 Å². The van der Waals surface area contributed by atoms with Crippen molar-refractivity contribution in [2.45, 2.75) is 12.8 Å². The van der Waals surface area contributed by atoms with Crippen LogP contribution in [0.5, 0.6) is 0 Å². The second-order valence-electron chi connectivity index (χ2n) is 7.71. The van der Waals surface area contributed by atoms with Gasteiger partial charge in [-0.25, -0.2) is 0 Å². The monoisotopic (exact) mass is 373 g/mol. The highest BCUT2D eigenvalue weighted by Crippen LogP contribution is 2.26. The lowest BCUT2D eigenvalue weighted by Crippen LogP contribution is -2.01. The molecule has 0 saturated heterocycles. The van der Waals surface area contributed by atoms with Gasteiger partial charge in [0, 0.05) is 5.69 Å². The van der Waals surface area contributed by atoms with E-state index in [0.717, 1.165) is 18.5 Å². The zero-order valence-corrected chi connectivity index (χ0v) is 16.3. The maximum atomic E-state index is 6.60. The van der Waals surface area contributed by atoms with Crippen LogP contribution >= 0.6 is 0 Å². The minimum absolute atomic E-state index is 0.849. The van der Waals surface area contributed by atoms with E-state index in [1.807, 2.05) is 0 Å². The Labute approximate surface area is 171 Å². The van der Waals surface area contributed by atoms with Gasteiger partial charge in [-0.15, -0.1) is 0 Å². The van der Waals surface area contributed by atoms with Gasteiger partial charge in [0.25, 0.3) is 0 Å². The van der Waals surface area contributed by atoms with Crippen LogP contribution in [0.1, 0.15) is 22.3 Å². The highest BCUT2D eigenvalue weighted by molar-refractivity contribution is 5.84. The number of hydrogen-bond donors (Lipinski definition) is 1. The number of nitrogens with two attached hydrogens (primary N) is 1. The molecule has 0 saturated carbocycles. The third kappa shape index (κ3) is 3.60. The molecular formula is C28H23N. The maximum absolute atomic E-state index is 6.60. The first kappa shape index (κ1) is 17.5. The second-order valence-corrected chi connectivity index (χ2v) is 7.71. The van der Waals surface area contributed by atoms with Crippen molar-refractivity contribution in [2.24, 2.45) is 0 Å². The third-order valence-electron chi connectivity index (χ3n) is 5.70. The Morgan fingerprint density at radius 3 is 1.38 bits per heavy atom. The average molecular weight is 373 g/mol. The van der Waals surface area contributed by atoms with Gasteiger partial charge in [-0.3, -0.25) is 0 Å². The van der Waals surface area contributed by atoms with Crippen LogP contribution in [-0.4, -0.2) is 0 Å². The molecule has 0 aromatic heterocycles. The summed E-state index contributed by atoms with van der Waals surface area (Å²) in [5, 5.41) is 5.09. The van der Waals surface area contributed by atoms with Crippen LogP contribution in [0, 0.1) is 0 Å². The van der Waals surface area contributed by atoms with Gasteiger partial charge in [-0.1, -0.05) is 103 Å². The lowest BCUT2D eigenvalue weighted by molar-refractivity contribution is 1.15. The van der Waals surface area contributed by atoms with E-state index < -0.39 is 0 Å². The van der Waals surface area contributed by atoms with Gasteiger partial charge in [-0.2, -0.15) is 0 Å². The highest BCUT2D eigenvalue weighted by atomic mass is 14.6. The number of benzene rings is 5. The van der Waals surface area contributed by atoms with E-state index in [4.69, 9.17) is 5.73 Å². The first-order chi connectivity index (χ1) is 14.3. The summed E-state index contributed by atoms with van der Waals surface area (Å²) in [6.45, 7) is 0. The highest BCUT2D eigenvalue weighted by Gasteiger charge is 2.08. The summed E-state index contributed by atoms with van der Waals surface area (Å²) in [6.07, 6.45) is 1.70. The fourth-order valence-electron chi connectivity index (χ4n) is 4.11. The van der Waals surface area contributed by atoms with Gasteiger partial charge in [0.2, 0.25) is 0 Å². The SMILES string of the molecule is Nc1c(Cc2ccc3ccccc3c2)cccc1Cc1ccc2ccccc2c1. The Morgan fingerprint density at radius 2 is 0.897 bits per heavy atom. The average Bonchev–Trinajstić information content (AvgIpc) is 2.76. The molecule has 5 rings (SSSR count). The van der Waals surface area contributed by atoms with Crippen LogP contribution in [0.25, 0.3) is 21.5 Å². The number of para-hydroxylation sites is 1. The molecule has 0 heterocycles. The van der Waals surface area contributed by atoms with Crippen molar-refractivity contribution in [1.82, 2.24) is 0 Å². The predicted molar refractivity (Wildman–Crippen MR) is 124 cm³/mol. The second kappa shape index (κ2) is 7.44. The van der Waals surface area contributed by atoms with E-state index >= 15 is 0 Å². The molecule has 0 bridgehead atoms. The fraction of sp³-hybridized carbons (Fsp3) is 0.0714. The van der Waals surface area contributed by atoms with Crippen molar-refractivity contribution in [3.8, 4) is 0 Å². The Bertz CT molecular complexity index is 1220. The number of fused-ring (bicyclic) bond motifs is 2. The Kier molecular flexibility index (Phi) is 4.50. The topological polar surface area (TPSA) is 26.0 Å². The summed E-state index contributed by atoms with van der Waals surface area (Å²) in [4.78, 5) is 0. The van der Waals surface area contributed by atoms with Gasteiger partial charge in [0.05, 0.1) is 0 Å². The van der Waals surface area contributed by atoms with Gasteiger partial charge < -0.3 is 5.73 Å². The largest absolute Gasteiger partial charge is 0.398 e. The fourth-order valence-corrected chi connectivity index (χ4v) is 4.11. The molecule has 1 heteroatoms. The molecule has 0 fully saturated rings. The summed E-state index contributed by atoms with van der Waals surface area (Å²) in [5.74, 6) is 0. The molecule has 0 spiro atoms. The number of nitrogen functional groups attached to an aromatic ring is 1. The quantitative estimate of drug-likeness (QED) is 0.346. The summed E-state index contributed by atoms with van der Waals surface area (Å²) >= 11 is 0. The molecule has 5 aromatic carbocycles. The molecular weight excluding hydrogens is 350 g/mol. The van der Waals surface area contributed by atoms with Crippen LogP contribution < -0.4 is 5.73 Å². The smallest absolute Gasteiger partial charge is 0.0385 e. The zero-order chi connectivity index (χ0) is 19.6. The Balaban J connectivity index is 1.43. The van der Waals surface area contributed by atoms with Crippen LogP contribution in [-0.2, 0) is 12.8 Å². The van der Waals surface area contributed by atoms with E-state index in [9.17, 15) is 0 Å². The first-order valence-electron chi connectivity index (χ1n) is 10.1. The van der Waals surface area contributed by atoms with Crippen LogP contribution in [0.15, 0.2) is 103 Å². The van der Waals surface area contributed by atoms with Crippen LogP contribution in [0.3, 0.4) is 0 Å². The van der Waals surface area contributed by atoms with Crippen molar-refractivity contribution in [1.29, 1.82) is 0 Å². The van der Waals surface area contributed by atoms with Crippen molar-refractivity contribution >= 4 is 27.2 Å². The molecule has 0 radical (unpaired) electrons. The number of anilines is 1. The first-order valence-corrected chi connectivity index (χ1v) is 10.1. The van der Waals surface area contributed by atoms with Crippen LogP contribution in [0.4, 0.5) is 5.69 Å². The lowest BCUT2D eigenvalue weighted by atomic mass is 9.95. The van der Waals surface area contributed by atoms with Gasteiger partial charge in [0.15, 0.2) is 0 Å². The minimum Gasteiger partial charge on any atom is -0.398 e. The predicted octanol–water partition coefficient (Wildman–Crippen LogP) is 6.76. The van der Waals surface area contributed by atoms with Gasteiger partial charge in [0.1, 0.15) is 0 Å². The third-order valence-corrected chi connectivity index (χ3v) is 5.70. The molecule has 0 atom stereocenters. The molecule has 0 aliphatic rings. The Morgan fingerprint density at radius 1 is 0.448 bits per heavy atom. The van der Waals surface area contributed by atoms with E-state index in [1.165, 1.54) is 43.8 Å². The summed E-state index contributed by atoms with van der Waals surface area (Å²) in [5.41, 5.74) is 12.5. The molecule has 2 N–H and O–H groups in total. The number of hydrogen-bond acceptors (Lipinski definition) is 1. The summed E-state index contributed by atoms with van der Waals surface area (Å²) < 4.78 is 0. The standard InChI is InChI=1S/C28H23N/c29-28-26(18-20-12-14-22-6-1-3-8-24(22)16-20)10-5-11-27(28)19-21-13-15-23-7-2-4-9-25(23)17-21/h1-17H,18-19,29H2. The van der Waals surface area contributed by atoms with E-state index in [1.54, 1.807) is 0 Å². The van der Waals surface area contributed by atoms with E-state index in [-0.39, 0.29) is 0 Å². The van der Waals surface area contributed by atoms with Crippen LogP contribution in [0.2, 0.25) is 0 Å². The van der Waals surface area contributed by atoms with Crippen molar-refractivity contribution in [2.75, 3.05) is 5.73 Å². The van der Waals surface area contributed by atoms with Crippen molar-refractivity contribution in [3.05, 3.63) is 125 Å². The maximum Gasteiger partial charge on any atom is 0.0385 e. The normalized spacial score (nSPS) is 11.2. The molecule has 5 aromatic rings. The van der Waals surface area contributed by atoms with E-state index in [0.29, 0.717) is 0 Å².